The molecule has 0 fully saturated rings. The molecule has 0 radical (unpaired) electrons. The molecule has 7 heteroatoms. The van der Waals surface area contributed by atoms with Crippen LogP contribution in [0.5, 0.6) is 0 Å². The first-order valence-corrected chi connectivity index (χ1v) is 6.49. The highest BCUT2D eigenvalue weighted by molar-refractivity contribution is 5.92. The molecule has 0 aliphatic carbocycles. The molecule has 0 aromatic carbocycles. The molecule has 2 aromatic rings. The van der Waals surface area contributed by atoms with Crippen LogP contribution in [-0.4, -0.2) is 51.0 Å². The predicted octanol–water partition coefficient (Wildman–Crippen LogP) is 0.529. The summed E-state index contributed by atoms with van der Waals surface area (Å²) in [6, 6.07) is 1.69. The molecular formula is C13H17N5O2. The first-order chi connectivity index (χ1) is 9.69. The first kappa shape index (κ1) is 12.9. The van der Waals surface area contributed by atoms with Gasteiger partial charge in [-0.1, -0.05) is 0 Å². The topological polar surface area (TPSA) is 76.0 Å². The maximum atomic E-state index is 12.4. The number of H-pyrrole nitrogens is 1. The van der Waals surface area contributed by atoms with Gasteiger partial charge in [-0.3, -0.25) is 14.6 Å². The Labute approximate surface area is 116 Å². The van der Waals surface area contributed by atoms with Crippen molar-refractivity contribution in [2.24, 2.45) is 7.05 Å². The summed E-state index contributed by atoms with van der Waals surface area (Å²) in [5.41, 5.74) is 2.62. The van der Waals surface area contributed by atoms with Crippen molar-refractivity contribution >= 4 is 5.91 Å². The molecule has 106 valence electrons. The molecule has 20 heavy (non-hydrogen) atoms. The number of methoxy groups -OCH3 is 1. The molecular weight excluding hydrogens is 258 g/mol. The van der Waals surface area contributed by atoms with E-state index in [1.165, 1.54) is 0 Å². The average molecular weight is 275 g/mol. The number of fused-ring (bicyclic) bond motifs is 1. The highest BCUT2D eigenvalue weighted by atomic mass is 16.5. The molecule has 0 spiro atoms. The van der Waals surface area contributed by atoms with Crippen LogP contribution in [0.2, 0.25) is 0 Å². The van der Waals surface area contributed by atoms with Crippen LogP contribution >= 0.6 is 0 Å². The number of aromatic amines is 1. The number of aryl methyl sites for hydroxylation is 1. The van der Waals surface area contributed by atoms with E-state index in [1.807, 2.05) is 13.2 Å². The zero-order valence-electron chi connectivity index (χ0n) is 11.5. The van der Waals surface area contributed by atoms with E-state index in [0.717, 1.165) is 11.3 Å². The summed E-state index contributed by atoms with van der Waals surface area (Å²) in [4.78, 5) is 14.2. The number of hydrogen-bond acceptors (Lipinski definition) is 4. The third-order valence-electron chi connectivity index (χ3n) is 3.51. The third kappa shape index (κ3) is 2.20. The smallest absolute Gasteiger partial charge is 0.272 e. The fourth-order valence-corrected chi connectivity index (χ4v) is 2.68. The van der Waals surface area contributed by atoms with Gasteiger partial charge < -0.3 is 9.64 Å². The van der Waals surface area contributed by atoms with Crippen molar-refractivity contribution < 1.29 is 9.53 Å². The van der Waals surface area contributed by atoms with Crippen molar-refractivity contribution in [3.63, 3.8) is 0 Å². The van der Waals surface area contributed by atoms with Crippen LogP contribution in [0.15, 0.2) is 18.5 Å². The Bertz CT molecular complexity index is 604. The number of aromatic nitrogens is 4. The van der Waals surface area contributed by atoms with E-state index < -0.39 is 0 Å². The van der Waals surface area contributed by atoms with E-state index in [0.29, 0.717) is 25.4 Å². The average Bonchev–Trinajstić information content (AvgIpc) is 3.06. The van der Waals surface area contributed by atoms with Crippen molar-refractivity contribution in [1.29, 1.82) is 0 Å². The van der Waals surface area contributed by atoms with Crippen LogP contribution in [0.25, 0.3) is 0 Å². The molecule has 3 heterocycles. The van der Waals surface area contributed by atoms with E-state index in [2.05, 4.69) is 15.3 Å². The number of ether oxygens (including phenoxy) is 1. The fraction of sp³-hybridized carbons (Fsp3) is 0.462. The van der Waals surface area contributed by atoms with Gasteiger partial charge in [-0.15, -0.1) is 0 Å². The third-order valence-corrected chi connectivity index (χ3v) is 3.51. The van der Waals surface area contributed by atoms with Gasteiger partial charge in [0.15, 0.2) is 0 Å². The molecule has 1 atom stereocenters. The summed E-state index contributed by atoms with van der Waals surface area (Å²) < 4.78 is 7.05. The number of amides is 1. The fourth-order valence-electron chi connectivity index (χ4n) is 2.68. The second-order valence-electron chi connectivity index (χ2n) is 5.02. The maximum Gasteiger partial charge on any atom is 0.272 e. The monoisotopic (exact) mass is 275 g/mol. The lowest BCUT2D eigenvalue weighted by Crippen LogP contribution is -2.39. The highest BCUT2D eigenvalue weighted by Gasteiger charge is 2.31. The Morgan fingerprint density at radius 1 is 1.60 bits per heavy atom. The lowest BCUT2D eigenvalue weighted by atomic mass is 9.97. The lowest BCUT2D eigenvalue weighted by Gasteiger charge is -2.31. The summed E-state index contributed by atoms with van der Waals surface area (Å²) >= 11 is 0. The molecule has 3 rings (SSSR count). The summed E-state index contributed by atoms with van der Waals surface area (Å²) in [6.07, 6.45) is 3.55. The van der Waals surface area contributed by atoms with Gasteiger partial charge in [0.05, 0.1) is 12.3 Å². The Morgan fingerprint density at radius 2 is 2.45 bits per heavy atom. The lowest BCUT2D eigenvalue weighted by molar-refractivity contribution is 0.0673. The second kappa shape index (κ2) is 5.09. The van der Waals surface area contributed by atoms with Gasteiger partial charge in [-0.05, 0) is 6.07 Å². The molecule has 0 saturated carbocycles. The van der Waals surface area contributed by atoms with Crippen LogP contribution in [0.3, 0.4) is 0 Å². The van der Waals surface area contributed by atoms with E-state index in [1.54, 1.807) is 29.0 Å². The van der Waals surface area contributed by atoms with Gasteiger partial charge in [0.25, 0.3) is 5.91 Å². The number of hydrogen-bond donors (Lipinski definition) is 1. The van der Waals surface area contributed by atoms with E-state index in [9.17, 15) is 4.79 Å². The number of carbonyl (C=O) groups is 1. The SMILES string of the molecule is COCC1CN(C(=O)c2ccn[nH]2)Cc2cn(C)nc21. The van der Waals surface area contributed by atoms with Gasteiger partial charge in [0.2, 0.25) is 0 Å². The first-order valence-electron chi connectivity index (χ1n) is 6.49. The van der Waals surface area contributed by atoms with Crippen LogP contribution < -0.4 is 0 Å². The normalized spacial score (nSPS) is 18.1. The minimum absolute atomic E-state index is 0.0434. The highest BCUT2D eigenvalue weighted by Crippen LogP contribution is 2.27. The molecule has 7 nitrogen and oxygen atoms in total. The quantitative estimate of drug-likeness (QED) is 0.886. The molecule has 1 N–H and O–H groups in total. The van der Waals surface area contributed by atoms with Crippen LogP contribution in [0.4, 0.5) is 0 Å². The number of carbonyl (C=O) groups excluding carboxylic acids is 1. The predicted molar refractivity (Wildman–Crippen MR) is 71.2 cm³/mol. The maximum absolute atomic E-state index is 12.4. The minimum atomic E-state index is -0.0434. The number of rotatable bonds is 3. The van der Waals surface area contributed by atoms with Gasteiger partial charge >= 0.3 is 0 Å². The summed E-state index contributed by atoms with van der Waals surface area (Å²) in [7, 11) is 3.56. The minimum Gasteiger partial charge on any atom is -0.384 e. The molecule has 1 aliphatic rings. The standard InChI is InChI=1S/C13H17N5O2/c1-17-5-9-6-18(13(19)11-3-4-14-15-11)7-10(8-20-2)12(9)16-17/h3-5,10H,6-8H2,1-2H3,(H,14,15). The van der Waals surface area contributed by atoms with Crippen molar-refractivity contribution in [1.82, 2.24) is 24.9 Å². The Balaban J connectivity index is 1.87. The summed E-state index contributed by atoms with van der Waals surface area (Å²) in [5.74, 6) is 0.0647. The van der Waals surface area contributed by atoms with Crippen molar-refractivity contribution in [3.8, 4) is 0 Å². The van der Waals surface area contributed by atoms with Crippen molar-refractivity contribution in [3.05, 3.63) is 35.4 Å². The van der Waals surface area contributed by atoms with Gasteiger partial charge in [-0.2, -0.15) is 10.2 Å². The Hall–Kier alpha value is -2.15. The number of nitrogens with zero attached hydrogens (tertiary/aromatic N) is 4. The molecule has 0 bridgehead atoms. The van der Waals surface area contributed by atoms with Crippen LogP contribution in [0.1, 0.15) is 27.7 Å². The van der Waals surface area contributed by atoms with Crippen molar-refractivity contribution in [2.45, 2.75) is 12.5 Å². The van der Waals surface area contributed by atoms with Gasteiger partial charge in [0.1, 0.15) is 5.69 Å². The Morgan fingerprint density at radius 3 is 3.15 bits per heavy atom. The van der Waals surface area contributed by atoms with Crippen molar-refractivity contribution in [2.75, 3.05) is 20.3 Å². The number of nitrogens with one attached hydrogen (secondary N) is 1. The molecule has 0 saturated heterocycles. The van der Waals surface area contributed by atoms with Gasteiger partial charge in [-0.25, -0.2) is 0 Å². The molecule has 1 unspecified atom stereocenters. The largest absolute Gasteiger partial charge is 0.384 e. The van der Waals surface area contributed by atoms with E-state index in [-0.39, 0.29) is 11.8 Å². The molecule has 2 aromatic heterocycles. The zero-order chi connectivity index (χ0) is 14.1. The van der Waals surface area contributed by atoms with Crippen LogP contribution in [-0.2, 0) is 18.3 Å². The van der Waals surface area contributed by atoms with E-state index in [4.69, 9.17) is 4.74 Å². The summed E-state index contributed by atoms with van der Waals surface area (Å²) in [6.45, 7) is 1.73. The Kier molecular flexibility index (Phi) is 3.27. The summed E-state index contributed by atoms with van der Waals surface area (Å²) in [5, 5.41) is 11.0. The molecule has 1 amide bonds. The zero-order valence-corrected chi connectivity index (χ0v) is 11.5. The van der Waals surface area contributed by atoms with Gasteiger partial charge in [0, 0.05) is 51.1 Å². The second-order valence-corrected chi connectivity index (χ2v) is 5.02. The van der Waals surface area contributed by atoms with Crippen LogP contribution in [0, 0.1) is 0 Å². The molecule has 1 aliphatic heterocycles. The van der Waals surface area contributed by atoms with E-state index >= 15 is 0 Å².